The van der Waals surface area contributed by atoms with Crippen LogP contribution < -0.4 is 0 Å². The van der Waals surface area contributed by atoms with Gasteiger partial charge in [-0.2, -0.15) is 0 Å². The van der Waals surface area contributed by atoms with E-state index in [4.69, 9.17) is 55.3 Å². The lowest BCUT2D eigenvalue weighted by Gasteiger charge is -2.54. The van der Waals surface area contributed by atoms with E-state index in [1.165, 1.54) is 7.11 Å². The summed E-state index contributed by atoms with van der Waals surface area (Å²) >= 11 is 0. The molecular formula is C77H138O15Si5. The Morgan fingerprint density at radius 1 is 0.629 bits per heavy atom. The molecule has 4 heterocycles. The van der Waals surface area contributed by atoms with E-state index in [-0.39, 0.29) is 98.2 Å². The summed E-state index contributed by atoms with van der Waals surface area (Å²) < 4.78 is 83.4. The number of carbonyl (C=O) groups excluding carboxylic acids is 2. The fraction of sp³-hybridized carbons (Fsp3) is 0.792. The normalized spacial score (nSPS) is 28.8. The van der Waals surface area contributed by atoms with Gasteiger partial charge < -0.3 is 60.4 Å². The largest absolute Gasteiger partial charge is 0.469 e. The monoisotopic (exact) mass is 1440 g/mol. The number of hydrogen-bond donors (Lipinski definition) is 1. The smallest absolute Gasteiger partial charge is 0.338 e. The average molecular weight is 1440 g/mol. The van der Waals surface area contributed by atoms with Crippen molar-refractivity contribution in [3.05, 3.63) is 85.0 Å². The molecule has 20 heteroatoms. The van der Waals surface area contributed by atoms with E-state index in [9.17, 15) is 14.7 Å². The van der Waals surface area contributed by atoms with Gasteiger partial charge in [-0.05, 0) is 165 Å². The molecule has 0 amide bonds. The van der Waals surface area contributed by atoms with Crippen molar-refractivity contribution in [1.29, 1.82) is 0 Å². The van der Waals surface area contributed by atoms with Crippen molar-refractivity contribution in [2.24, 2.45) is 11.8 Å². The Morgan fingerprint density at radius 3 is 1.71 bits per heavy atom. The molecule has 1 N–H and O–H groups in total. The van der Waals surface area contributed by atoms with Gasteiger partial charge in [-0.15, -0.1) is 6.58 Å². The highest BCUT2D eigenvalue weighted by Crippen LogP contribution is 2.49. The first kappa shape index (κ1) is 85.4. The van der Waals surface area contributed by atoms with Crippen molar-refractivity contribution in [2.45, 2.75) is 357 Å². The molecular weight excluding hydrogens is 1310 g/mol. The number of carbonyl (C=O) groups is 2. The summed E-state index contributed by atoms with van der Waals surface area (Å²) in [4.78, 5) is 27.5. The molecule has 15 nitrogen and oxygen atoms in total. The standard InChI is InChI=1S/C77H138O15Si5/c1-32-36-61-68(88-72(80)54-37-34-33-35-38-54)70(91-96(28,29)76(14,15)16)71(92-97(30,31)77(17,18)19)69(87-61)62(90-95(26,27)75(11,12)13)43-40-55(78)39-41-56-46-52(3)60(84-56)44-42-57-45-51(2)53(4)63(85-57)49-64-59(48-66(79)81-20)67(82-21)65(86-64)47-58(89-94(24,25)74(8,9)10)50-83-93(22,23)73(5,6)7/h32-35,37-38,40,43,51,55-65,67-71,78H,1,3-4,36,39,41-42,44-50H2,2,5-31H3/b43-40+/t51?,55?,56?,57?,58?,59?,60?,61?,62?,63?,64-,65+,67+,68?,69-,70?,71?/m0/s1. The van der Waals surface area contributed by atoms with Gasteiger partial charge in [-0.3, -0.25) is 4.79 Å². The van der Waals surface area contributed by atoms with Crippen LogP contribution >= 0.6 is 0 Å². The number of hydrogen-bond acceptors (Lipinski definition) is 15. The van der Waals surface area contributed by atoms with E-state index in [0.717, 1.165) is 30.4 Å². The summed E-state index contributed by atoms with van der Waals surface area (Å²) in [6, 6.07) is 9.08. The quantitative estimate of drug-likeness (QED) is 0.0424. The lowest BCUT2D eigenvalue weighted by molar-refractivity contribution is -0.227. The van der Waals surface area contributed by atoms with Gasteiger partial charge in [0.25, 0.3) is 0 Å². The lowest BCUT2D eigenvalue weighted by Crippen LogP contribution is -2.68. The molecule has 0 saturated carbocycles. The highest BCUT2D eigenvalue weighted by atomic mass is 28.4. The maximum Gasteiger partial charge on any atom is 0.338 e. The van der Waals surface area contributed by atoms with E-state index in [1.54, 1.807) is 19.2 Å². The van der Waals surface area contributed by atoms with Crippen LogP contribution in [0.25, 0.3) is 0 Å². The SMILES string of the molecule is C=CCC1O[C@@H](C(/C=C/C(O)CCC2CC(=C)C(CCC3CC(C)C(=C)C(C[C@@H]4O[C@H](CC(CO[Si](C)(C)C(C)(C)C)O[Si](C)(C)C(C)(C)C)[C@H](OC)C4CC(=O)OC)O3)O2)O[Si](C)(C)C(C)(C)C)C(O[Si](C)(C)C(C)(C)C)C(O[Si](C)(C)C(C)(C)C)C1OC(=O)c1ccccc1. The first-order valence-corrected chi connectivity index (χ1v) is 51.0. The van der Waals surface area contributed by atoms with Crippen LogP contribution in [-0.4, -0.2) is 171 Å². The fourth-order valence-electron chi connectivity index (χ4n) is 12.3. The van der Waals surface area contributed by atoms with Gasteiger partial charge in [0.2, 0.25) is 0 Å². The Morgan fingerprint density at radius 2 is 1.18 bits per heavy atom. The molecule has 0 aliphatic carbocycles. The highest BCUT2D eigenvalue weighted by Gasteiger charge is 2.58. The Labute approximate surface area is 595 Å². The number of aliphatic hydroxyl groups excluding tert-OH is 1. The summed E-state index contributed by atoms with van der Waals surface area (Å²) in [5, 5.41) is 11.5. The minimum atomic E-state index is -2.65. The first-order valence-electron chi connectivity index (χ1n) is 36.5. The minimum absolute atomic E-state index is 0.0189. The minimum Gasteiger partial charge on any atom is -0.469 e. The van der Waals surface area contributed by atoms with Crippen molar-refractivity contribution in [1.82, 2.24) is 0 Å². The second kappa shape index (κ2) is 33.7. The predicted octanol–water partition coefficient (Wildman–Crippen LogP) is 18.4. The zero-order valence-electron chi connectivity index (χ0n) is 66.0. The first-order chi connectivity index (χ1) is 44.3. The molecule has 1 aromatic rings. The topological polar surface area (TPSA) is 165 Å². The van der Waals surface area contributed by atoms with Crippen LogP contribution in [0, 0.1) is 11.8 Å². The van der Waals surface area contributed by atoms with Crippen LogP contribution in [0.15, 0.2) is 79.4 Å². The van der Waals surface area contributed by atoms with Gasteiger partial charge in [0.1, 0.15) is 24.4 Å². The van der Waals surface area contributed by atoms with Crippen molar-refractivity contribution in [3.63, 3.8) is 0 Å². The van der Waals surface area contributed by atoms with Crippen molar-refractivity contribution in [2.75, 3.05) is 20.8 Å². The Hall–Kier alpha value is -2.24. The third-order valence-electron chi connectivity index (χ3n) is 23.9. The van der Waals surface area contributed by atoms with Crippen LogP contribution in [0.2, 0.25) is 90.7 Å². The zero-order chi connectivity index (χ0) is 73.6. The van der Waals surface area contributed by atoms with Crippen molar-refractivity contribution < 1.29 is 70.0 Å². The van der Waals surface area contributed by atoms with Gasteiger partial charge in [0.15, 0.2) is 47.7 Å². The third-order valence-corrected chi connectivity index (χ3v) is 46.4. The number of benzene rings is 1. The Bertz CT molecular complexity index is 2750. The molecule has 556 valence electrons. The molecule has 4 aliphatic rings. The molecule has 1 aromatic carbocycles. The fourth-order valence-corrected chi connectivity index (χ4v) is 18.5. The van der Waals surface area contributed by atoms with Gasteiger partial charge >= 0.3 is 11.9 Å². The molecule has 17 atom stereocenters. The van der Waals surface area contributed by atoms with E-state index in [2.05, 4.69) is 196 Å². The third kappa shape index (κ3) is 22.6. The summed E-state index contributed by atoms with van der Waals surface area (Å²) in [5.74, 6) is -0.855. The second-order valence-corrected chi connectivity index (χ2v) is 60.3. The van der Waals surface area contributed by atoms with Crippen LogP contribution in [0.4, 0.5) is 0 Å². The average Bonchev–Trinajstić information content (AvgIpc) is 1.13. The van der Waals surface area contributed by atoms with E-state index in [0.29, 0.717) is 50.7 Å². The van der Waals surface area contributed by atoms with Crippen LogP contribution in [-0.2, 0) is 60.1 Å². The number of ether oxygens (including phenoxy) is 7. The highest BCUT2D eigenvalue weighted by molar-refractivity contribution is 6.76. The Kier molecular flexibility index (Phi) is 29.7. The zero-order valence-corrected chi connectivity index (χ0v) is 71.0. The van der Waals surface area contributed by atoms with Gasteiger partial charge in [0, 0.05) is 25.9 Å². The number of aliphatic hydroxyl groups is 1. The predicted molar refractivity (Wildman–Crippen MR) is 407 cm³/mol. The lowest BCUT2D eigenvalue weighted by atomic mass is 9.82. The molecule has 5 rings (SSSR count). The summed E-state index contributed by atoms with van der Waals surface area (Å²) in [5.41, 5.74) is 2.51. The number of methoxy groups -OCH3 is 2. The summed E-state index contributed by atoms with van der Waals surface area (Å²) in [7, 11) is -9.10. The number of rotatable bonds is 31. The van der Waals surface area contributed by atoms with E-state index >= 15 is 0 Å². The van der Waals surface area contributed by atoms with Crippen molar-refractivity contribution >= 4 is 53.5 Å². The van der Waals surface area contributed by atoms with Crippen molar-refractivity contribution in [3.8, 4) is 0 Å². The summed E-state index contributed by atoms with van der Waals surface area (Å²) in [6.07, 6.45) is 4.17. The van der Waals surface area contributed by atoms with E-state index in [1.807, 2.05) is 36.4 Å². The molecule has 0 radical (unpaired) electrons. The maximum absolute atomic E-state index is 14.3. The molecule has 4 saturated heterocycles. The molecule has 4 aliphatic heterocycles. The number of esters is 2. The van der Waals surface area contributed by atoms with Gasteiger partial charge in [0.05, 0.1) is 86.7 Å². The Balaban J connectivity index is 1.36. The van der Waals surface area contributed by atoms with Crippen LogP contribution in [0.5, 0.6) is 0 Å². The summed E-state index contributed by atoms with van der Waals surface area (Å²) in [6.45, 7) is 72.0. The molecule has 0 bridgehead atoms. The van der Waals surface area contributed by atoms with Crippen LogP contribution in [0.3, 0.4) is 0 Å². The van der Waals surface area contributed by atoms with E-state index < -0.39 is 90.3 Å². The maximum atomic E-state index is 14.3. The van der Waals surface area contributed by atoms with Crippen LogP contribution in [0.1, 0.15) is 185 Å². The molecule has 0 spiro atoms. The molecule has 13 unspecified atom stereocenters. The molecule has 4 fully saturated rings. The van der Waals surface area contributed by atoms with Gasteiger partial charge in [-0.25, -0.2) is 4.79 Å². The second-order valence-electron chi connectivity index (χ2n) is 36.5. The van der Waals surface area contributed by atoms with Gasteiger partial charge in [-0.1, -0.05) is 160 Å². The molecule has 0 aromatic heterocycles. The molecule has 97 heavy (non-hydrogen) atoms.